The summed E-state index contributed by atoms with van der Waals surface area (Å²) >= 11 is 0. The van der Waals surface area contributed by atoms with Gasteiger partial charge in [-0.25, -0.2) is 4.39 Å². The van der Waals surface area contributed by atoms with Crippen molar-refractivity contribution in [3.8, 4) is 11.5 Å². The molecular weight excluding hydrogens is 463 g/mol. The molecule has 0 spiro atoms. The maximum absolute atomic E-state index is 14.2. The van der Waals surface area contributed by atoms with Crippen molar-refractivity contribution in [3.05, 3.63) is 94.9 Å². The van der Waals surface area contributed by atoms with Gasteiger partial charge in [-0.1, -0.05) is 18.2 Å². The molecule has 1 aliphatic heterocycles. The van der Waals surface area contributed by atoms with Crippen molar-refractivity contribution in [2.75, 3.05) is 19.1 Å². The Balaban J connectivity index is 1.82. The second-order valence-electron chi connectivity index (χ2n) is 8.42. The van der Waals surface area contributed by atoms with Crippen LogP contribution in [-0.2, 0) is 9.59 Å². The first kappa shape index (κ1) is 23.2. The van der Waals surface area contributed by atoms with Crippen LogP contribution in [0.15, 0.2) is 72.3 Å². The predicted octanol–water partition coefficient (Wildman–Crippen LogP) is 5.26. The lowest BCUT2D eigenvalue weighted by Gasteiger charge is -2.26. The molecule has 182 valence electrons. The molecule has 1 atom stereocenters. The van der Waals surface area contributed by atoms with Crippen LogP contribution in [0.5, 0.6) is 11.5 Å². The number of carbonyl (C=O) groups is 2. The molecule has 8 heteroatoms. The van der Waals surface area contributed by atoms with Crippen LogP contribution in [0, 0.1) is 12.7 Å². The largest absolute Gasteiger partial charge is 0.507 e. The number of fused-ring (bicyclic) bond motifs is 1. The minimum absolute atomic E-state index is 0.0206. The summed E-state index contributed by atoms with van der Waals surface area (Å²) in [5.74, 6) is -2.09. The van der Waals surface area contributed by atoms with E-state index in [4.69, 9.17) is 9.47 Å². The molecule has 1 amide bonds. The molecule has 1 aliphatic rings. The molecule has 1 saturated heterocycles. The number of Topliss-reactive ketones (excluding diaryl/α,β-unsaturated/α-hetero) is 1. The van der Waals surface area contributed by atoms with Gasteiger partial charge >= 0.3 is 0 Å². The Morgan fingerprint density at radius 1 is 1.00 bits per heavy atom. The molecule has 3 aromatic carbocycles. The van der Waals surface area contributed by atoms with Crippen LogP contribution in [0.25, 0.3) is 16.7 Å². The van der Waals surface area contributed by atoms with Crippen molar-refractivity contribution in [1.29, 1.82) is 0 Å². The van der Waals surface area contributed by atoms with Gasteiger partial charge in [0.1, 0.15) is 23.1 Å². The fourth-order valence-corrected chi connectivity index (χ4v) is 4.78. The lowest BCUT2D eigenvalue weighted by molar-refractivity contribution is -0.132. The number of nitrogens with zero attached hydrogens (tertiary/aromatic N) is 1. The summed E-state index contributed by atoms with van der Waals surface area (Å²) in [6.45, 7) is 1.84. The summed E-state index contributed by atoms with van der Waals surface area (Å²) in [6, 6.07) is 16.8. The fraction of sp³-hybridized carbons (Fsp3) is 0.143. The van der Waals surface area contributed by atoms with E-state index in [1.165, 1.54) is 31.3 Å². The second kappa shape index (κ2) is 8.88. The number of hydrogen-bond acceptors (Lipinski definition) is 5. The van der Waals surface area contributed by atoms with E-state index in [1.807, 2.05) is 31.2 Å². The number of aliphatic hydroxyl groups is 1. The van der Waals surface area contributed by atoms with Crippen LogP contribution in [0.1, 0.15) is 22.9 Å². The number of aromatic amines is 1. The molecule has 1 unspecified atom stereocenters. The molecular formula is C28H23FN2O5. The number of methoxy groups -OCH3 is 2. The number of benzene rings is 3. The average molecular weight is 486 g/mol. The van der Waals surface area contributed by atoms with Crippen LogP contribution in [-0.4, -0.2) is 36.0 Å². The first-order valence-corrected chi connectivity index (χ1v) is 11.2. The van der Waals surface area contributed by atoms with Gasteiger partial charge in [0, 0.05) is 27.8 Å². The van der Waals surface area contributed by atoms with Gasteiger partial charge in [-0.2, -0.15) is 0 Å². The first-order valence-electron chi connectivity index (χ1n) is 11.2. The minimum atomic E-state index is -0.984. The number of aliphatic hydroxyl groups excluding tert-OH is 1. The molecule has 4 aromatic rings. The Hall–Kier alpha value is -4.59. The van der Waals surface area contributed by atoms with Crippen molar-refractivity contribution in [2.45, 2.75) is 13.0 Å². The molecule has 0 radical (unpaired) electrons. The monoisotopic (exact) mass is 486 g/mol. The number of rotatable bonds is 5. The van der Waals surface area contributed by atoms with Crippen molar-refractivity contribution in [3.63, 3.8) is 0 Å². The van der Waals surface area contributed by atoms with Crippen molar-refractivity contribution in [1.82, 2.24) is 4.98 Å². The normalized spacial score (nSPS) is 17.1. The van der Waals surface area contributed by atoms with Crippen LogP contribution < -0.4 is 14.4 Å². The third kappa shape index (κ3) is 3.58. The summed E-state index contributed by atoms with van der Waals surface area (Å²) in [5.41, 5.74) is 2.45. The molecule has 36 heavy (non-hydrogen) atoms. The molecule has 1 aromatic heterocycles. The van der Waals surface area contributed by atoms with Crippen LogP contribution in [0.3, 0.4) is 0 Å². The first-order chi connectivity index (χ1) is 17.3. The van der Waals surface area contributed by atoms with Crippen LogP contribution in [0.4, 0.5) is 10.1 Å². The molecule has 0 aliphatic carbocycles. The van der Waals surface area contributed by atoms with Gasteiger partial charge in [-0.3, -0.25) is 14.5 Å². The topological polar surface area (TPSA) is 91.9 Å². The van der Waals surface area contributed by atoms with E-state index in [9.17, 15) is 19.1 Å². The fourth-order valence-electron chi connectivity index (χ4n) is 4.78. The molecule has 5 rings (SSSR count). The van der Waals surface area contributed by atoms with Gasteiger partial charge in [-0.05, 0) is 55.5 Å². The minimum Gasteiger partial charge on any atom is -0.507 e. The predicted molar refractivity (Wildman–Crippen MR) is 134 cm³/mol. The molecule has 1 fully saturated rings. The number of H-pyrrole nitrogens is 1. The third-order valence-corrected chi connectivity index (χ3v) is 6.43. The number of hydrogen-bond donors (Lipinski definition) is 2. The third-order valence-electron chi connectivity index (χ3n) is 6.43. The summed E-state index contributed by atoms with van der Waals surface area (Å²) in [5, 5.41) is 12.2. The molecule has 2 N–H and O–H groups in total. The quantitative estimate of drug-likeness (QED) is 0.228. The maximum atomic E-state index is 14.2. The van der Waals surface area contributed by atoms with E-state index in [2.05, 4.69) is 4.98 Å². The number of para-hydroxylation sites is 1. The zero-order chi connectivity index (χ0) is 25.6. The number of aryl methyl sites for hydroxylation is 1. The van der Waals surface area contributed by atoms with Gasteiger partial charge < -0.3 is 19.6 Å². The SMILES string of the molecule is COc1ccc(N2C(=O)C(=O)/C(=C(/O)c3cc(F)ccc3OC)C2c2c(C)[nH]c3ccccc23)cc1. The van der Waals surface area contributed by atoms with E-state index < -0.39 is 29.3 Å². The highest BCUT2D eigenvalue weighted by molar-refractivity contribution is 6.52. The number of anilines is 1. The zero-order valence-electron chi connectivity index (χ0n) is 19.8. The summed E-state index contributed by atoms with van der Waals surface area (Å²) in [4.78, 5) is 31.6. The molecule has 7 nitrogen and oxygen atoms in total. The number of nitrogens with one attached hydrogen (secondary N) is 1. The van der Waals surface area contributed by atoms with Gasteiger partial charge in [-0.15, -0.1) is 0 Å². The lowest BCUT2D eigenvalue weighted by atomic mass is 9.93. The van der Waals surface area contributed by atoms with Crippen molar-refractivity contribution >= 4 is 34.0 Å². The van der Waals surface area contributed by atoms with E-state index in [0.29, 0.717) is 17.0 Å². The molecule has 2 heterocycles. The van der Waals surface area contributed by atoms with Gasteiger partial charge in [0.2, 0.25) is 0 Å². The molecule has 0 saturated carbocycles. The van der Waals surface area contributed by atoms with Gasteiger partial charge in [0.05, 0.1) is 31.4 Å². The summed E-state index contributed by atoms with van der Waals surface area (Å²) in [6.07, 6.45) is 0. The van der Waals surface area contributed by atoms with E-state index >= 15 is 0 Å². The number of amides is 1. The van der Waals surface area contributed by atoms with Crippen LogP contribution in [0.2, 0.25) is 0 Å². The Kier molecular flexibility index (Phi) is 5.72. The smallest absolute Gasteiger partial charge is 0.300 e. The maximum Gasteiger partial charge on any atom is 0.300 e. The highest BCUT2D eigenvalue weighted by Crippen LogP contribution is 2.46. The number of ketones is 1. The van der Waals surface area contributed by atoms with Crippen molar-refractivity contribution in [2.24, 2.45) is 0 Å². The Morgan fingerprint density at radius 3 is 2.42 bits per heavy atom. The number of aromatic nitrogens is 1. The summed E-state index contributed by atoms with van der Waals surface area (Å²) in [7, 11) is 2.91. The number of carbonyl (C=O) groups excluding carboxylic acids is 2. The Labute approximate surface area is 206 Å². The molecule has 0 bridgehead atoms. The second-order valence-corrected chi connectivity index (χ2v) is 8.42. The van der Waals surface area contributed by atoms with E-state index in [1.54, 1.807) is 24.3 Å². The standard InChI is InChI=1S/C28H23FN2O5/c1-15-23(19-6-4-5-7-21(19)30-15)25-24(26(32)20-14-16(29)8-13-22(20)36-3)27(33)28(34)31(25)17-9-11-18(35-2)12-10-17/h4-14,25,30,32H,1-3H3/b26-24+. The van der Waals surface area contributed by atoms with Gasteiger partial charge in [0.25, 0.3) is 11.7 Å². The zero-order valence-corrected chi connectivity index (χ0v) is 19.8. The highest BCUT2D eigenvalue weighted by Gasteiger charge is 2.48. The number of halogens is 1. The lowest BCUT2D eigenvalue weighted by Crippen LogP contribution is -2.29. The Bertz CT molecular complexity index is 1540. The Morgan fingerprint density at radius 2 is 1.72 bits per heavy atom. The van der Waals surface area contributed by atoms with Gasteiger partial charge in [0.15, 0.2) is 0 Å². The summed E-state index contributed by atoms with van der Waals surface area (Å²) < 4.78 is 24.7. The van der Waals surface area contributed by atoms with Crippen LogP contribution >= 0.6 is 0 Å². The number of ether oxygens (including phenoxy) is 2. The van der Waals surface area contributed by atoms with E-state index in [-0.39, 0.29) is 16.9 Å². The van der Waals surface area contributed by atoms with E-state index in [0.717, 1.165) is 22.7 Å². The van der Waals surface area contributed by atoms with Crippen molar-refractivity contribution < 1.29 is 28.6 Å². The average Bonchev–Trinajstić information content (AvgIpc) is 3.35. The highest BCUT2D eigenvalue weighted by atomic mass is 19.1.